The molecule has 2 saturated carbocycles. The largest absolute Gasteiger partial charge is 0.379 e. The van der Waals surface area contributed by atoms with E-state index in [0.717, 1.165) is 6.04 Å². The van der Waals surface area contributed by atoms with Crippen molar-refractivity contribution < 1.29 is 4.74 Å². The molecule has 0 radical (unpaired) electrons. The van der Waals surface area contributed by atoms with Crippen LogP contribution in [0.1, 0.15) is 58.8 Å². The van der Waals surface area contributed by atoms with Crippen molar-refractivity contribution in [1.29, 1.82) is 0 Å². The molecule has 2 aliphatic rings. The van der Waals surface area contributed by atoms with Crippen molar-refractivity contribution in [3.8, 4) is 0 Å². The zero-order valence-corrected chi connectivity index (χ0v) is 11.1. The zero-order valence-electron chi connectivity index (χ0n) is 11.1. The molecule has 0 saturated heterocycles. The summed E-state index contributed by atoms with van der Waals surface area (Å²) in [5, 5.41) is 3.71. The van der Waals surface area contributed by atoms with Gasteiger partial charge in [0, 0.05) is 19.7 Å². The van der Waals surface area contributed by atoms with Crippen LogP contribution in [0.15, 0.2) is 0 Å². The molecule has 0 aromatic rings. The van der Waals surface area contributed by atoms with Crippen LogP contribution in [-0.2, 0) is 4.74 Å². The average molecular weight is 225 g/mol. The Labute approximate surface area is 100 Å². The van der Waals surface area contributed by atoms with Gasteiger partial charge in [0.05, 0.1) is 5.60 Å². The van der Waals surface area contributed by atoms with E-state index in [1.807, 2.05) is 7.11 Å². The molecule has 0 unspecified atom stereocenters. The van der Waals surface area contributed by atoms with Crippen molar-refractivity contribution in [2.75, 3.05) is 13.7 Å². The lowest BCUT2D eigenvalue weighted by Gasteiger charge is -2.44. The van der Waals surface area contributed by atoms with Crippen LogP contribution in [-0.4, -0.2) is 25.3 Å². The molecule has 2 aliphatic carbocycles. The van der Waals surface area contributed by atoms with Gasteiger partial charge in [-0.05, 0) is 57.8 Å². The van der Waals surface area contributed by atoms with Gasteiger partial charge >= 0.3 is 0 Å². The molecule has 0 heterocycles. The molecule has 2 fully saturated rings. The van der Waals surface area contributed by atoms with Gasteiger partial charge in [0.15, 0.2) is 0 Å². The zero-order chi connectivity index (χ0) is 11.6. The van der Waals surface area contributed by atoms with Gasteiger partial charge in [0.2, 0.25) is 0 Å². The Bertz CT molecular complexity index is 229. The fraction of sp³-hybridized carbons (Fsp3) is 1.00. The van der Waals surface area contributed by atoms with Crippen molar-refractivity contribution in [3.63, 3.8) is 0 Å². The Hall–Kier alpha value is -0.0800. The third-order valence-electron chi connectivity index (χ3n) is 4.57. The summed E-state index contributed by atoms with van der Waals surface area (Å²) in [6.45, 7) is 5.65. The highest BCUT2D eigenvalue weighted by Crippen LogP contribution is 2.46. The molecule has 0 bridgehead atoms. The quantitative estimate of drug-likeness (QED) is 0.719. The third kappa shape index (κ3) is 3.21. The van der Waals surface area contributed by atoms with Gasteiger partial charge in [-0.1, -0.05) is 6.42 Å². The van der Waals surface area contributed by atoms with E-state index >= 15 is 0 Å². The van der Waals surface area contributed by atoms with Crippen molar-refractivity contribution in [2.24, 2.45) is 5.41 Å². The fourth-order valence-corrected chi connectivity index (χ4v) is 2.51. The molecular weight excluding hydrogens is 198 g/mol. The average Bonchev–Trinajstić information content (AvgIpc) is 2.99. The number of hydrogen-bond acceptors (Lipinski definition) is 2. The smallest absolute Gasteiger partial charge is 0.0623 e. The first kappa shape index (κ1) is 12.4. The summed E-state index contributed by atoms with van der Waals surface area (Å²) >= 11 is 0. The highest BCUT2D eigenvalue weighted by molar-refractivity contribution is 4.93. The summed E-state index contributed by atoms with van der Waals surface area (Å²) in [7, 11) is 1.83. The van der Waals surface area contributed by atoms with Crippen molar-refractivity contribution in [2.45, 2.75) is 70.4 Å². The second-order valence-corrected chi connectivity index (χ2v) is 6.47. The minimum Gasteiger partial charge on any atom is -0.379 e. The predicted molar refractivity (Wildman–Crippen MR) is 67.6 cm³/mol. The molecule has 16 heavy (non-hydrogen) atoms. The van der Waals surface area contributed by atoms with Crippen LogP contribution in [0.3, 0.4) is 0 Å². The van der Waals surface area contributed by atoms with Gasteiger partial charge in [-0.25, -0.2) is 0 Å². The second kappa shape index (κ2) is 4.66. The predicted octanol–water partition coefficient (Wildman–Crippen LogP) is 3.11. The molecule has 0 amide bonds. The van der Waals surface area contributed by atoms with Crippen LogP contribution in [0.4, 0.5) is 0 Å². The molecule has 2 rings (SSSR count). The van der Waals surface area contributed by atoms with Gasteiger partial charge in [-0.2, -0.15) is 0 Å². The SMILES string of the molecule is COC(C)(C)CCC1(CNC2CC2)CCC1. The minimum atomic E-state index is 0.0577. The summed E-state index contributed by atoms with van der Waals surface area (Å²) in [6, 6.07) is 0.855. The Morgan fingerprint density at radius 1 is 1.31 bits per heavy atom. The maximum atomic E-state index is 5.52. The van der Waals surface area contributed by atoms with E-state index in [1.165, 1.54) is 51.5 Å². The molecule has 0 spiro atoms. The maximum Gasteiger partial charge on any atom is 0.0623 e. The first-order chi connectivity index (χ1) is 7.55. The summed E-state index contributed by atoms with van der Waals surface area (Å²) in [5.74, 6) is 0. The Balaban J connectivity index is 1.74. The molecule has 1 N–H and O–H groups in total. The van der Waals surface area contributed by atoms with Crippen LogP contribution < -0.4 is 5.32 Å². The summed E-state index contributed by atoms with van der Waals surface area (Å²) in [4.78, 5) is 0. The topological polar surface area (TPSA) is 21.3 Å². The van der Waals surface area contributed by atoms with Crippen molar-refractivity contribution >= 4 is 0 Å². The molecule has 0 aliphatic heterocycles. The van der Waals surface area contributed by atoms with Gasteiger partial charge in [0.1, 0.15) is 0 Å². The number of methoxy groups -OCH3 is 1. The number of nitrogens with one attached hydrogen (secondary N) is 1. The molecular formula is C14H27NO. The van der Waals surface area contributed by atoms with E-state index in [4.69, 9.17) is 4.74 Å². The van der Waals surface area contributed by atoms with Gasteiger partial charge < -0.3 is 10.1 Å². The van der Waals surface area contributed by atoms with E-state index < -0.39 is 0 Å². The lowest BCUT2D eigenvalue weighted by atomic mass is 9.65. The first-order valence-corrected chi connectivity index (χ1v) is 6.84. The van der Waals surface area contributed by atoms with Crippen LogP contribution in [0.5, 0.6) is 0 Å². The molecule has 2 heteroatoms. The fourth-order valence-electron chi connectivity index (χ4n) is 2.51. The summed E-state index contributed by atoms with van der Waals surface area (Å²) < 4.78 is 5.52. The highest BCUT2D eigenvalue weighted by atomic mass is 16.5. The number of rotatable bonds is 7. The monoisotopic (exact) mass is 225 g/mol. The molecule has 0 atom stereocenters. The second-order valence-electron chi connectivity index (χ2n) is 6.47. The Morgan fingerprint density at radius 3 is 2.44 bits per heavy atom. The molecule has 0 aromatic heterocycles. The van der Waals surface area contributed by atoms with E-state index in [2.05, 4.69) is 19.2 Å². The van der Waals surface area contributed by atoms with Crippen LogP contribution in [0.2, 0.25) is 0 Å². The lowest BCUT2D eigenvalue weighted by Crippen LogP contribution is -2.42. The highest BCUT2D eigenvalue weighted by Gasteiger charge is 2.39. The molecule has 0 aromatic carbocycles. The van der Waals surface area contributed by atoms with E-state index in [9.17, 15) is 0 Å². The van der Waals surface area contributed by atoms with Gasteiger partial charge in [-0.15, -0.1) is 0 Å². The van der Waals surface area contributed by atoms with Gasteiger partial charge in [-0.3, -0.25) is 0 Å². The van der Waals surface area contributed by atoms with E-state index in [1.54, 1.807) is 0 Å². The molecule has 94 valence electrons. The Kier molecular flexibility index (Phi) is 3.60. The Morgan fingerprint density at radius 2 is 2.00 bits per heavy atom. The number of ether oxygens (including phenoxy) is 1. The molecule has 2 nitrogen and oxygen atoms in total. The van der Waals surface area contributed by atoms with Crippen molar-refractivity contribution in [1.82, 2.24) is 5.32 Å². The van der Waals surface area contributed by atoms with Gasteiger partial charge in [0.25, 0.3) is 0 Å². The number of hydrogen-bond donors (Lipinski definition) is 1. The van der Waals surface area contributed by atoms with E-state index in [0.29, 0.717) is 5.41 Å². The van der Waals surface area contributed by atoms with Crippen LogP contribution in [0, 0.1) is 5.41 Å². The van der Waals surface area contributed by atoms with Crippen LogP contribution in [0.25, 0.3) is 0 Å². The normalized spacial score (nSPS) is 24.2. The van der Waals surface area contributed by atoms with Crippen LogP contribution >= 0.6 is 0 Å². The standard InChI is InChI=1S/C14H27NO/c1-13(2,16-3)9-10-14(7-4-8-14)11-15-12-5-6-12/h12,15H,4-11H2,1-3H3. The first-order valence-electron chi connectivity index (χ1n) is 6.84. The maximum absolute atomic E-state index is 5.52. The third-order valence-corrected chi connectivity index (χ3v) is 4.57. The summed E-state index contributed by atoms with van der Waals surface area (Å²) in [6.07, 6.45) is 9.60. The van der Waals surface area contributed by atoms with Crippen molar-refractivity contribution in [3.05, 3.63) is 0 Å². The van der Waals surface area contributed by atoms with E-state index in [-0.39, 0.29) is 5.60 Å². The minimum absolute atomic E-state index is 0.0577. The lowest BCUT2D eigenvalue weighted by molar-refractivity contribution is -0.00749. The summed E-state index contributed by atoms with van der Waals surface area (Å²) in [5.41, 5.74) is 0.667.